The van der Waals surface area contributed by atoms with E-state index in [0.29, 0.717) is 11.3 Å². The van der Waals surface area contributed by atoms with Crippen molar-refractivity contribution < 1.29 is 9.21 Å². The second-order valence-electron chi connectivity index (χ2n) is 1.73. The zero-order chi connectivity index (χ0) is 7.40. The minimum absolute atomic E-state index is 0.365. The van der Waals surface area contributed by atoms with Gasteiger partial charge in [0.2, 0.25) is 6.29 Å². The molecule has 2 N–H and O–H groups in total. The molecular formula is C7H6NO2. The molecular weight excluding hydrogens is 130 g/mol. The van der Waals surface area contributed by atoms with Crippen LogP contribution in [0.1, 0.15) is 5.56 Å². The summed E-state index contributed by atoms with van der Waals surface area (Å²) in [6, 6.07) is 1.67. The molecule has 0 bridgehead atoms. The molecule has 1 radical (unpaired) electrons. The van der Waals surface area contributed by atoms with Crippen molar-refractivity contribution in [1.82, 2.24) is 0 Å². The molecule has 1 aromatic rings. The van der Waals surface area contributed by atoms with Crippen LogP contribution in [0.25, 0.3) is 5.70 Å². The highest BCUT2D eigenvalue weighted by Gasteiger charge is 1.94. The van der Waals surface area contributed by atoms with Crippen LogP contribution >= 0.6 is 0 Å². The Bertz CT molecular complexity index is 236. The van der Waals surface area contributed by atoms with E-state index in [9.17, 15) is 4.79 Å². The molecule has 51 valence electrons. The topological polar surface area (TPSA) is 56.2 Å². The quantitative estimate of drug-likeness (QED) is 0.608. The summed E-state index contributed by atoms with van der Waals surface area (Å²) in [4.78, 5) is 9.80. The fraction of sp³-hybridized carbons (Fsp3) is 0. The van der Waals surface area contributed by atoms with Crippen molar-refractivity contribution in [2.75, 3.05) is 0 Å². The van der Waals surface area contributed by atoms with E-state index >= 15 is 0 Å². The molecule has 0 saturated carbocycles. The number of allylic oxidation sites excluding steroid dienone is 1. The maximum Gasteiger partial charge on any atom is 0.227 e. The lowest BCUT2D eigenvalue weighted by Crippen LogP contribution is -1.93. The summed E-state index contributed by atoms with van der Waals surface area (Å²) in [6.45, 7) is 0. The highest BCUT2D eigenvalue weighted by molar-refractivity contribution is 5.80. The van der Waals surface area contributed by atoms with Crippen LogP contribution in [0, 0.1) is 0 Å². The van der Waals surface area contributed by atoms with Crippen molar-refractivity contribution in [2.45, 2.75) is 0 Å². The van der Waals surface area contributed by atoms with Crippen molar-refractivity contribution in [3.8, 4) is 0 Å². The Balaban J connectivity index is 2.86. The van der Waals surface area contributed by atoms with Gasteiger partial charge in [-0.2, -0.15) is 0 Å². The number of carbonyl (C=O) groups excluding carboxylic acids is 1. The summed E-state index contributed by atoms with van der Waals surface area (Å²) in [7, 11) is 0. The highest BCUT2D eigenvalue weighted by Crippen LogP contribution is 2.07. The SMILES string of the molecule is N/C(=C\[C]=O)c1ccoc1. The fourth-order valence-electron chi connectivity index (χ4n) is 0.576. The van der Waals surface area contributed by atoms with Gasteiger partial charge in [-0.05, 0) is 6.07 Å². The summed E-state index contributed by atoms with van der Waals surface area (Å²) in [5.74, 6) is 0. The van der Waals surface area contributed by atoms with Crippen LogP contribution in [0.2, 0.25) is 0 Å². The van der Waals surface area contributed by atoms with Crippen molar-refractivity contribution in [1.29, 1.82) is 0 Å². The average Bonchev–Trinajstić information content (AvgIpc) is 2.38. The first-order valence-corrected chi connectivity index (χ1v) is 2.70. The number of nitrogens with two attached hydrogens (primary N) is 1. The molecule has 0 aliphatic carbocycles. The molecule has 1 aromatic heterocycles. The zero-order valence-electron chi connectivity index (χ0n) is 5.20. The lowest BCUT2D eigenvalue weighted by atomic mass is 10.2. The smallest absolute Gasteiger partial charge is 0.227 e. The van der Waals surface area contributed by atoms with Gasteiger partial charge in [0.15, 0.2) is 0 Å². The molecule has 0 atom stereocenters. The van der Waals surface area contributed by atoms with Crippen LogP contribution in [0.4, 0.5) is 0 Å². The Morgan fingerprint density at radius 1 is 1.80 bits per heavy atom. The van der Waals surface area contributed by atoms with Gasteiger partial charge in [-0.15, -0.1) is 0 Å². The number of furan rings is 1. The lowest BCUT2D eigenvalue weighted by Gasteiger charge is -1.89. The van der Waals surface area contributed by atoms with Crippen molar-refractivity contribution in [2.24, 2.45) is 5.73 Å². The predicted octanol–water partition coefficient (Wildman–Crippen LogP) is 0.689. The number of hydrogen-bond acceptors (Lipinski definition) is 3. The molecule has 3 heteroatoms. The maximum absolute atomic E-state index is 9.80. The molecule has 0 amide bonds. The molecule has 0 aliphatic rings. The van der Waals surface area contributed by atoms with E-state index in [-0.39, 0.29) is 0 Å². The first-order chi connectivity index (χ1) is 4.84. The van der Waals surface area contributed by atoms with Gasteiger partial charge in [0, 0.05) is 17.3 Å². The van der Waals surface area contributed by atoms with Gasteiger partial charge in [0.1, 0.15) is 0 Å². The summed E-state index contributed by atoms with van der Waals surface area (Å²) in [5, 5.41) is 0. The first-order valence-electron chi connectivity index (χ1n) is 2.70. The molecule has 1 rings (SSSR count). The first kappa shape index (κ1) is 6.61. The van der Waals surface area contributed by atoms with Gasteiger partial charge < -0.3 is 10.2 Å². The Labute approximate surface area is 58.1 Å². The number of rotatable bonds is 2. The van der Waals surface area contributed by atoms with E-state index < -0.39 is 0 Å². The standard InChI is InChI=1S/C7H6NO2/c8-7(1-3-9)6-2-4-10-5-6/h1-2,4-5H,8H2/b7-1-. The van der Waals surface area contributed by atoms with E-state index in [2.05, 4.69) is 0 Å². The molecule has 3 nitrogen and oxygen atoms in total. The Kier molecular flexibility index (Phi) is 1.89. The van der Waals surface area contributed by atoms with E-state index in [0.717, 1.165) is 6.08 Å². The Morgan fingerprint density at radius 2 is 2.60 bits per heavy atom. The second kappa shape index (κ2) is 2.87. The van der Waals surface area contributed by atoms with Crippen molar-refractivity contribution in [3.63, 3.8) is 0 Å². The minimum atomic E-state index is 0.365. The predicted molar refractivity (Wildman–Crippen MR) is 36.6 cm³/mol. The van der Waals surface area contributed by atoms with E-state index in [1.165, 1.54) is 12.5 Å². The van der Waals surface area contributed by atoms with Crippen LogP contribution in [-0.4, -0.2) is 6.29 Å². The van der Waals surface area contributed by atoms with Crippen LogP contribution in [0.5, 0.6) is 0 Å². The van der Waals surface area contributed by atoms with Gasteiger partial charge in [-0.3, -0.25) is 4.79 Å². The third kappa shape index (κ3) is 1.25. The summed E-state index contributed by atoms with van der Waals surface area (Å²) in [5.41, 5.74) is 6.45. The van der Waals surface area contributed by atoms with E-state index in [1.807, 2.05) is 0 Å². The summed E-state index contributed by atoms with van der Waals surface area (Å²) < 4.78 is 4.73. The lowest BCUT2D eigenvalue weighted by molar-refractivity contribution is 0.564. The fourth-order valence-corrected chi connectivity index (χ4v) is 0.576. The largest absolute Gasteiger partial charge is 0.472 e. The summed E-state index contributed by atoms with van der Waals surface area (Å²) in [6.07, 6.45) is 5.68. The summed E-state index contributed by atoms with van der Waals surface area (Å²) >= 11 is 0. The van der Waals surface area contributed by atoms with Crippen LogP contribution in [0.3, 0.4) is 0 Å². The van der Waals surface area contributed by atoms with Gasteiger partial charge in [0.05, 0.1) is 12.5 Å². The molecule has 10 heavy (non-hydrogen) atoms. The van der Waals surface area contributed by atoms with Gasteiger partial charge in [-0.25, -0.2) is 0 Å². The maximum atomic E-state index is 9.80. The van der Waals surface area contributed by atoms with Crippen LogP contribution in [0.15, 0.2) is 29.1 Å². The van der Waals surface area contributed by atoms with E-state index in [1.54, 1.807) is 12.4 Å². The molecule has 0 saturated heterocycles. The van der Waals surface area contributed by atoms with Gasteiger partial charge in [-0.1, -0.05) is 0 Å². The average molecular weight is 136 g/mol. The van der Waals surface area contributed by atoms with Crippen LogP contribution < -0.4 is 5.73 Å². The molecule has 0 aromatic carbocycles. The zero-order valence-corrected chi connectivity index (χ0v) is 5.20. The van der Waals surface area contributed by atoms with Gasteiger partial charge >= 0.3 is 0 Å². The van der Waals surface area contributed by atoms with E-state index in [4.69, 9.17) is 10.2 Å². The molecule has 0 fully saturated rings. The third-order valence-corrected chi connectivity index (χ3v) is 1.07. The van der Waals surface area contributed by atoms with Crippen molar-refractivity contribution >= 4 is 12.0 Å². The second-order valence-corrected chi connectivity index (χ2v) is 1.73. The molecule has 1 heterocycles. The molecule has 0 unspecified atom stereocenters. The highest BCUT2D eigenvalue weighted by atomic mass is 16.3. The normalized spacial score (nSPS) is 11.4. The van der Waals surface area contributed by atoms with Crippen LogP contribution in [-0.2, 0) is 4.79 Å². The molecule has 0 aliphatic heterocycles. The monoisotopic (exact) mass is 136 g/mol. The Morgan fingerprint density at radius 3 is 3.10 bits per heavy atom. The Hall–Kier alpha value is -1.51. The van der Waals surface area contributed by atoms with Crippen molar-refractivity contribution in [3.05, 3.63) is 30.2 Å². The third-order valence-electron chi connectivity index (χ3n) is 1.07. The number of hydrogen-bond donors (Lipinski definition) is 1. The molecule has 0 spiro atoms. The van der Waals surface area contributed by atoms with Gasteiger partial charge in [0.25, 0.3) is 0 Å². The minimum Gasteiger partial charge on any atom is -0.472 e.